The second-order valence-electron chi connectivity index (χ2n) is 8.41. The van der Waals surface area contributed by atoms with Gasteiger partial charge in [-0.2, -0.15) is 0 Å². The van der Waals surface area contributed by atoms with Gasteiger partial charge in [0.15, 0.2) is 6.61 Å². The van der Waals surface area contributed by atoms with E-state index in [9.17, 15) is 14.4 Å². The van der Waals surface area contributed by atoms with Crippen molar-refractivity contribution in [2.45, 2.75) is 39.0 Å². The smallest absolute Gasteiger partial charge is 0.339 e. The maximum absolute atomic E-state index is 13.1. The molecule has 0 saturated carbocycles. The van der Waals surface area contributed by atoms with Gasteiger partial charge in [0.1, 0.15) is 0 Å². The first-order valence-corrected chi connectivity index (χ1v) is 10.6. The van der Waals surface area contributed by atoms with E-state index in [2.05, 4.69) is 6.92 Å². The fourth-order valence-corrected chi connectivity index (χ4v) is 4.50. The molecule has 4 rings (SSSR count). The monoisotopic (exact) mass is 409 g/mol. The van der Waals surface area contributed by atoms with Crippen molar-refractivity contribution in [3.8, 4) is 0 Å². The zero-order valence-electron chi connectivity index (χ0n) is 17.2. The molecule has 2 N–H and O–H groups in total. The van der Waals surface area contributed by atoms with Crippen LogP contribution in [0.15, 0.2) is 24.3 Å². The summed E-state index contributed by atoms with van der Waals surface area (Å²) in [6, 6.07) is 7.57. The third-order valence-electron chi connectivity index (χ3n) is 6.29. The van der Waals surface area contributed by atoms with Crippen LogP contribution in [-0.2, 0) is 27.2 Å². The van der Waals surface area contributed by atoms with Crippen LogP contribution in [-0.4, -0.2) is 47.4 Å². The lowest BCUT2D eigenvalue weighted by Gasteiger charge is -2.30. The molecule has 0 spiro atoms. The number of pyridine rings is 1. The van der Waals surface area contributed by atoms with E-state index in [0.717, 1.165) is 41.4 Å². The van der Waals surface area contributed by atoms with Crippen molar-refractivity contribution < 1.29 is 19.1 Å². The number of rotatable bonds is 4. The molecule has 1 aliphatic carbocycles. The molecule has 2 aromatic rings. The number of hydrogen-bond acceptors (Lipinski definition) is 5. The number of carbonyl (C=O) groups is 3. The maximum Gasteiger partial charge on any atom is 0.339 e. The molecule has 1 aromatic heterocycles. The molecule has 2 heterocycles. The van der Waals surface area contributed by atoms with Gasteiger partial charge in [0.05, 0.1) is 11.1 Å². The molecule has 0 radical (unpaired) electrons. The van der Waals surface area contributed by atoms with Crippen LogP contribution >= 0.6 is 0 Å². The zero-order valence-corrected chi connectivity index (χ0v) is 17.2. The number of ether oxygens (including phenoxy) is 1. The standard InChI is InChI=1S/C23H27N3O4/c1-14-6-7-19-17(12-14)21(16-4-2-3-5-18(16)25-19)23(29)30-13-20(27)26-10-8-15(9-11-26)22(24)28/h2-5,14-15H,6-13H2,1H3,(H2,24,28). The van der Waals surface area contributed by atoms with Crippen LogP contribution in [0.5, 0.6) is 0 Å². The number of amides is 2. The Balaban J connectivity index is 1.50. The summed E-state index contributed by atoms with van der Waals surface area (Å²) >= 11 is 0. The summed E-state index contributed by atoms with van der Waals surface area (Å²) in [6.45, 7) is 2.78. The van der Waals surface area contributed by atoms with Gasteiger partial charge in [-0.05, 0) is 49.7 Å². The van der Waals surface area contributed by atoms with Gasteiger partial charge in [0.25, 0.3) is 5.91 Å². The average Bonchev–Trinajstić information content (AvgIpc) is 2.75. The number of aromatic nitrogens is 1. The molecule has 1 fully saturated rings. The number of piperidine rings is 1. The largest absolute Gasteiger partial charge is 0.452 e. The first-order chi connectivity index (χ1) is 14.4. The summed E-state index contributed by atoms with van der Waals surface area (Å²) in [6.07, 6.45) is 3.78. The lowest BCUT2D eigenvalue weighted by Crippen LogP contribution is -2.43. The number of fused-ring (bicyclic) bond motifs is 2. The van der Waals surface area contributed by atoms with Crippen molar-refractivity contribution >= 4 is 28.7 Å². The number of aryl methyl sites for hydroxylation is 1. The number of para-hydroxylation sites is 1. The molecule has 1 aliphatic heterocycles. The van der Waals surface area contributed by atoms with Crippen molar-refractivity contribution in [1.82, 2.24) is 9.88 Å². The molecule has 0 bridgehead atoms. The quantitative estimate of drug-likeness (QED) is 0.780. The summed E-state index contributed by atoms with van der Waals surface area (Å²) < 4.78 is 5.48. The van der Waals surface area contributed by atoms with Gasteiger partial charge in [-0.15, -0.1) is 0 Å². The Kier molecular flexibility index (Phi) is 5.70. The number of primary amides is 1. The molecule has 1 saturated heterocycles. The van der Waals surface area contributed by atoms with E-state index in [1.165, 1.54) is 0 Å². The second kappa shape index (κ2) is 8.42. The lowest BCUT2D eigenvalue weighted by atomic mass is 9.84. The summed E-state index contributed by atoms with van der Waals surface area (Å²) in [5.74, 6) is -0.753. The van der Waals surface area contributed by atoms with Crippen LogP contribution in [0.4, 0.5) is 0 Å². The van der Waals surface area contributed by atoms with Crippen LogP contribution in [0.3, 0.4) is 0 Å². The predicted molar refractivity (Wildman–Crippen MR) is 112 cm³/mol. The number of carbonyl (C=O) groups excluding carboxylic acids is 3. The van der Waals surface area contributed by atoms with Crippen molar-refractivity contribution in [1.29, 1.82) is 0 Å². The maximum atomic E-state index is 13.1. The first kappa shape index (κ1) is 20.3. The van der Waals surface area contributed by atoms with Crippen LogP contribution in [0.2, 0.25) is 0 Å². The van der Waals surface area contributed by atoms with Gasteiger partial charge in [-0.3, -0.25) is 14.6 Å². The second-order valence-corrected chi connectivity index (χ2v) is 8.41. The van der Waals surface area contributed by atoms with Crippen LogP contribution < -0.4 is 5.73 Å². The molecule has 1 atom stereocenters. The Morgan fingerprint density at radius 1 is 1.17 bits per heavy atom. The van der Waals surface area contributed by atoms with Crippen molar-refractivity contribution in [3.05, 3.63) is 41.1 Å². The lowest BCUT2D eigenvalue weighted by molar-refractivity contribution is -0.137. The molecule has 7 nitrogen and oxygen atoms in total. The third kappa shape index (κ3) is 4.01. The van der Waals surface area contributed by atoms with Crippen molar-refractivity contribution in [2.75, 3.05) is 19.7 Å². The molecule has 158 valence electrons. The van der Waals surface area contributed by atoms with Crippen molar-refractivity contribution in [3.63, 3.8) is 0 Å². The van der Waals surface area contributed by atoms with E-state index in [4.69, 9.17) is 15.5 Å². The highest BCUT2D eigenvalue weighted by Crippen LogP contribution is 2.32. The Morgan fingerprint density at radius 2 is 1.90 bits per heavy atom. The van der Waals surface area contributed by atoms with E-state index in [-0.39, 0.29) is 24.3 Å². The minimum atomic E-state index is -0.473. The highest BCUT2D eigenvalue weighted by molar-refractivity contribution is 6.05. The SMILES string of the molecule is CC1CCc2nc3ccccc3c(C(=O)OCC(=O)N3CCC(C(N)=O)CC3)c2C1. The Labute approximate surface area is 175 Å². The van der Waals surface area contributed by atoms with E-state index in [1.54, 1.807) is 4.90 Å². The zero-order chi connectivity index (χ0) is 21.3. The highest BCUT2D eigenvalue weighted by Gasteiger charge is 2.29. The van der Waals surface area contributed by atoms with Gasteiger partial charge in [0.2, 0.25) is 5.91 Å². The van der Waals surface area contributed by atoms with Gasteiger partial charge < -0.3 is 15.4 Å². The normalized spacial score (nSPS) is 19.4. The summed E-state index contributed by atoms with van der Waals surface area (Å²) in [5.41, 5.74) is 8.57. The first-order valence-electron chi connectivity index (χ1n) is 10.6. The van der Waals surface area contributed by atoms with E-state index in [1.807, 2.05) is 24.3 Å². The summed E-state index contributed by atoms with van der Waals surface area (Å²) in [4.78, 5) is 43.3. The number of hydrogen-bond donors (Lipinski definition) is 1. The van der Waals surface area contributed by atoms with Crippen LogP contribution in [0.25, 0.3) is 10.9 Å². The Morgan fingerprint density at radius 3 is 2.63 bits per heavy atom. The molecule has 2 aliphatic rings. The van der Waals surface area contributed by atoms with Crippen molar-refractivity contribution in [2.24, 2.45) is 17.6 Å². The molecule has 7 heteroatoms. The van der Waals surface area contributed by atoms with E-state index in [0.29, 0.717) is 37.4 Å². The summed E-state index contributed by atoms with van der Waals surface area (Å²) in [7, 11) is 0. The number of esters is 1. The number of likely N-dealkylation sites (tertiary alicyclic amines) is 1. The minimum absolute atomic E-state index is 0.187. The molecule has 1 aromatic carbocycles. The minimum Gasteiger partial charge on any atom is -0.452 e. The number of nitrogens with two attached hydrogens (primary N) is 1. The van der Waals surface area contributed by atoms with Gasteiger partial charge in [-0.25, -0.2) is 4.79 Å². The fourth-order valence-electron chi connectivity index (χ4n) is 4.50. The van der Waals surface area contributed by atoms with Gasteiger partial charge >= 0.3 is 5.97 Å². The fraction of sp³-hybridized carbons (Fsp3) is 0.478. The number of benzene rings is 1. The van der Waals surface area contributed by atoms with Crippen LogP contribution in [0, 0.1) is 11.8 Å². The van der Waals surface area contributed by atoms with Gasteiger partial charge in [0, 0.05) is 30.1 Å². The number of nitrogens with zero attached hydrogens (tertiary/aromatic N) is 2. The molecule has 30 heavy (non-hydrogen) atoms. The Hall–Kier alpha value is -2.96. The van der Waals surface area contributed by atoms with Crippen LogP contribution in [0.1, 0.15) is 47.8 Å². The predicted octanol–water partition coefficient (Wildman–Crippen LogP) is 2.24. The van der Waals surface area contributed by atoms with E-state index >= 15 is 0 Å². The molecule has 1 unspecified atom stereocenters. The molecule has 2 amide bonds. The Bertz CT molecular complexity index is 995. The topological polar surface area (TPSA) is 103 Å². The van der Waals surface area contributed by atoms with Gasteiger partial charge in [-0.1, -0.05) is 25.1 Å². The third-order valence-corrected chi connectivity index (χ3v) is 6.29. The highest BCUT2D eigenvalue weighted by atomic mass is 16.5. The molecular formula is C23H27N3O4. The average molecular weight is 409 g/mol. The summed E-state index contributed by atoms with van der Waals surface area (Å²) in [5, 5.41) is 0.769. The molecular weight excluding hydrogens is 382 g/mol. The van der Waals surface area contributed by atoms with E-state index < -0.39 is 5.97 Å².